The molecule has 3 heterocycles. The van der Waals surface area contributed by atoms with E-state index in [0.717, 1.165) is 33.7 Å². The molecule has 0 saturated heterocycles. The summed E-state index contributed by atoms with van der Waals surface area (Å²) in [4.78, 5) is 10.2. The molecule has 0 saturated carbocycles. The minimum atomic E-state index is 0.709. The fourth-order valence-corrected chi connectivity index (χ4v) is 7.41. The molecule has 3 aromatic heterocycles. The largest absolute Gasteiger partial charge is 0.294 e. The molecule has 4 heteroatoms. The third kappa shape index (κ3) is 4.03. The second kappa shape index (κ2) is 10.0. The average Bonchev–Trinajstić information content (AvgIpc) is 3.64. The average molecular weight is 580 g/mol. The summed E-state index contributed by atoms with van der Waals surface area (Å²) in [6.07, 6.45) is 0. The number of fused-ring (bicyclic) bond motifs is 6. The highest BCUT2D eigenvalue weighted by atomic mass is 32.1. The monoisotopic (exact) mass is 579 g/mol. The molecule has 0 radical (unpaired) electrons. The number of thiophene rings is 1. The molecule has 0 fully saturated rings. The van der Waals surface area contributed by atoms with Gasteiger partial charge >= 0.3 is 0 Å². The number of aromatic nitrogens is 3. The third-order valence-electron chi connectivity index (χ3n) is 8.43. The number of rotatable bonds is 4. The number of nitrogens with zero attached hydrogens (tertiary/aromatic N) is 3. The lowest BCUT2D eigenvalue weighted by Gasteiger charge is -2.12. The van der Waals surface area contributed by atoms with E-state index >= 15 is 0 Å². The first-order valence-corrected chi connectivity index (χ1v) is 15.6. The Labute approximate surface area is 258 Å². The SMILES string of the molecule is c1ccc(-c2cc(-n3c4ccccc4c4cc(-c5ccc6sc7ccccc7c6c5)ccc43)nc(-c3ccccc3)n2)cc1. The standard InChI is InChI=1S/C40H25N3S/c1-3-11-26(12-4-1)34-25-39(42-40(41-34)27-13-5-2-6-14-27)43-35-17-9-7-15-30(35)32-23-28(19-21-36(32)43)29-20-22-38-33(24-29)31-16-8-10-18-37(31)44-38/h1-25H. The Morgan fingerprint density at radius 3 is 1.84 bits per heavy atom. The number of para-hydroxylation sites is 1. The van der Waals surface area contributed by atoms with Gasteiger partial charge in [-0.05, 0) is 47.5 Å². The van der Waals surface area contributed by atoms with Gasteiger partial charge in [-0.3, -0.25) is 4.57 Å². The van der Waals surface area contributed by atoms with Crippen LogP contribution in [0.1, 0.15) is 0 Å². The summed E-state index contributed by atoms with van der Waals surface area (Å²) < 4.78 is 4.93. The van der Waals surface area contributed by atoms with Crippen LogP contribution in [0, 0.1) is 0 Å². The van der Waals surface area contributed by atoms with Crippen LogP contribution in [-0.4, -0.2) is 14.5 Å². The van der Waals surface area contributed by atoms with Crippen LogP contribution in [0.3, 0.4) is 0 Å². The first-order chi connectivity index (χ1) is 21.8. The number of hydrogen-bond donors (Lipinski definition) is 0. The molecule has 6 aromatic carbocycles. The second-order valence-electron chi connectivity index (χ2n) is 11.1. The predicted molar refractivity (Wildman–Crippen MR) is 186 cm³/mol. The quantitative estimate of drug-likeness (QED) is 0.208. The van der Waals surface area contributed by atoms with Crippen LogP contribution in [0.15, 0.2) is 152 Å². The maximum Gasteiger partial charge on any atom is 0.162 e. The van der Waals surface area contributed by atoms with Crippen LogP contribution in [0.2, 0.25) is 0 Å². The zero-order valence-corrected chi connectivity index (χ0v) is 24.5. The summed E-state index contributed by atoms with van der Waals surface area (Å²) in [6.45, 7) is 0. The van der Waals surface area contributed by atoms with Crippen LogP contribution >= 0.6 is 11.3 Å². The van der Waals surface area contributed by atoms with E-state index in [9.17, 15) is 0 Å². The van der Waals surface area contributed by atoms with Gasteiger partial charge in [0.2, 0.25) is 0 Å². The van der Waals surface area contributed by atoms with Gasteiger partial charge in [-0.2, -0.15) is 0 Å². The normalized spacial score (nSPS) is 11.6. The predicted octanol–water partition coefficient (Wildman–Crippen LogP) is 10.9. The summed E-state index contributed by atoms with van der Waals surface area (Å²) >= 11 is 1.85. The van der Waals surface area contributed by atoms with Gasteiger partial charge in [0, 0.05) is 48.1 Å². The molecule has 3 nitrogen and oxygen atoms in total. The molecule has 0 aliphatic carbocycles. The molecule has 0 bridgehead atoms. The van der Waals surface area contributed by atoms with Crippen LogP contribution in [-0.2, 0) is 0 Å². The minimum Gasteiger partial charge on any atom is -0.294 e. The molecule has 9 aromatic rings. The van der Waals surface area contributed by atoms with Gasteiger partial charge < -0.3 is 0 Å². The lowest BCUT2D eigenvalue weighted by Crippen LogP contribution is -2.02. The zero-order chi connectivity index (χ0) is 29.0. The Morgan fingerprint density at radius 2 is 1.02 bits per heavy atom. The van der Waals surface area contributed by atoms with E-state index in [1.807, 2.05) is 35.6 Å². The summed E-state index contributed by atoms with van der Waals surface area (Å²) in [7, 11) is 0. The van der Waals surface area contributed by atoms with E-state index in [2.05, 4.69) is 132 Å². The lowest BCUT2D eigenvalue weighted by molar-refractivity contribution is 1.05. The number of hydrogen-bond acceptors (Lipinski definition) is 3. The molecule has 0 unspecified atom stereocenters. The first kappa shape index (κ1) is 25.0. The molecule has 0 N–H and O–H groups in total. The Hall–Kier alpha value is -5.58. The van der Waals surface area contributed by atoms with Crippen molar-refractivity contribution in [1.82, 2.24) is 14.5 Å². The molecule has 206 valence electrons. The third-order valence-corrected chi connectivity index (χ3v) is 9.58. The Balaban J connectivity index is 1.27. The molecular formula is C40H25N3S. The van der Waals surface area contributed by atoms with Crippen molar-refractivity contribution in [2.45, 2.75) is 0 Å². The van der Waals surface area contributed by atoms with Crippen molar-refractivity contribution in [3.05, 3.63) is 152 Å². The van der Waals surface area contributed by atoms with Crippen molar-refractivity contribution in [3.8, 4) is 39.6 Å². The highest BCUT2D eigenvalue weighted by Gasteiger charge is 2.17. The Bertz CT molecular complexity index is 2430. The van der Waals surface area contributed by atoms with Gasteiger partial charge in [0.15, 0.2) is 5.82 Å². The molecule has 0 aliphatic heterocycles. The van der Waals surface area contributed by atoms with Crippen molar-refractivity contribution in [2.75, 3.05) is 0 Å². The van der Waals surface area contributed by atoms with E-state index in [0.29, 0.717) is 5.82 Å². The highest BCUT2D eigenvalue weighted by molar-refractivity contribution is 7.25. The molecule has 0 spiro atoms. The summed E-state index contributed by atoms with van der Waals surface area (Å²) in [6, 6.07) is 53.7. The Morgan fingerprint density at radius 1 is 0.409 bits per heavy atom. The lowest BCUT2D eigenvalue weighted by atomic mass is 10.0. The maximum absolute atomic E-state index is 5.16. The number of benzene rings is 6. The molecule has 0 atom stereocenters. The van der Waals surface area contributed by atoms with Crippen molar-refractivity contribution < 1.29 is 0 Å². The highest BCUT2D eigenvalue weighted by Crippen LogP contribution is 2.39. The minimum absolute atomic E-state index is 0.709. The zero-order valence-electron chi connectivity index (χ0n) is 23.7. The van der Waals surface area contributed by atoms with E-state index in [1.54, 1.807) is 0 Å². The van der Waals surface area contributed by atoms with E-state index < -0.39 is 0 Å². The summed E-state index contributed by atoms with van der Waals surface area (Å²) in [5.41, 5.74) is 7.62. The van der Waals surface area contributed by atoms with E-state index in [4.69, 9.17) is 9.97 Å². The molecular weight excluding hydrogens is 555 g/mol. The van der Waals surface area contributed by atoms with Crippen LogP contribution in [0.25, 0.3) is 81.6 Å². The first-order valence-electron chi connectivity index (χ1n) is 14.8. The smallest absolute Gasteiger partial charge is 0.162 e. The van der Waals surface area contributed by atoms with Gasteiger partial charge in [0.05, 0.1) is 16.7 Å². The topological polar surface area (TPSA) is 30.7 Å². The summed E-state index contributed by atoms with van der Waals surface area (Å²) in [5, 5.41) is 5.04. The van der Waals surface area contributed by atoms with Crippen LogP contribution in [0.4, 0.5) is 0 Å². The fraction of sp³-hybridized carbons (Fsp3) is 0. The van der Waals surface area contributed by atoms with Gasteiger partial charge in [-0.15, -0.1) is 11.3 Å². The van der Waals surface area contributed by atoms with E-state index in [-0.39, 0.29) is 0 Å². The van der Waals surface area contributed by atoms with Crippen molar-refractivity contribution in [3.63, 3.8) is 0 Å². The second-order valence-corrected chi connectivity index (χ2v) is 12.1. The molecule has 0 amide bonds. The van der Waals surface area contributed by atoms with E-state index in [1.165, 1.54) is 42.1 Å². The Kier molecular flexibility index (Phi) is 5.68. The molecule has 44 heavy (non-hydrogen) atoms. The van der Waals surface area contributed by atoms with Crippen molar-refractivity contribution in [2.24, 2.45) is 0 Å². The van der Waals surface area contributed by atoms with Crippen molar-refractivity contribution >= 4 is 53.3 Å². The molecule has 0 aliphatic rings. The van der Waals surface area contributed by atoms with Gasteiger partial charge in [0.1, 0.15) is 5.82 Å². The van der Waals surface area contributed by atoms with Gasteiger partial charge in [-0.1, -0.05) is 109 Å². The fourth-order valence-electron chi connectivity index (χ4n) is 6.33. The van der Waals surface area contributed by atoms with Crippen molar-refractivity contribution in [1.29, 1.82) is 0 Å². The van der Waals surface area contributed by atoms with Crippen LogP contribution in [0.5, 0.6) is 0 Å². The maximum atomic E-state index is 5.16. The van der Waals surface area contributed by atoms with Gasteiger partial charge in [0.25, 0.3) is 0 Å². The van der Waals surface area contributed by atoms with Crippen LogP contribution < -0.4 is 0 Å². The van der Waals surface area contributed by atoms with Gasteiger partial charge in [-0.25, -0.2) is 9.97 Å². The summed E-state index contributed by atoms with van der Waals surface area (Å²) in [5.74, 6) is 1.56. The molecule has 9 rings (SSSR count).